The van der Waals surface area contributed by atoms with Crippen LogP contribution in [0.15, 0.2) is 54.7 Å². The minimum Gasteiger partial charge on any atom is -0.375 e. The Morgan fingerprint density at radius 3 is 2.67 bits per heavy atom. The lowest BCUT2D eigenvalue weighted by molar-refractivity contribution is -0.120. The van der Waals surface area contributed by atoms with E-state index in [2.05, 4.69) is 25.5 Å². The van der Waals surface area contributed by atoms with Crippen LogP contribution in [0.25, 0.3) is 21.8 Å². The number of hydrogen-bond donors (Lipinski definition) is 3. The van der Waals surface area contributed by atoms with E-state index in [1.54, 1.807) is 12.3 Å². The summed E-state index contributed by atoms with van der Waals surface area (Å²) in [6.45, 7) is 0.991. The van der Waals surface area contributed by atoms with Crippen molar-refractivity contribution in [3.8, 4) is 21.8 Å². The third-order valence-electron chi connectivity index (χ3n) is 7.52. The molecule has 42 heavy (non-hydrogen) atoms. The van der Waals surface area contributed by atoms with Gasteiger partial charge in [-0.2, -0.15) is 0 Å². The first-order chi connectivity index (χ1) is 20.4. The fraction of sp³-hybridized carbons (Fsp3) is 0.375. The van der Waals surface area contributed by atoms with Crippen molar-refractivity contribution in [3.05, 3.63) is 66.1 Å². The van der Waals surface area contributed by atoms with E-state index >= 15 is 0 Å². The molecule has 4 N–H and O–H groups in total. The summed E-state index contributed by atoms with van der Waals surface area (Å²) >= 11 is 1.33. The summed E-state index contributed by atoms with van der Waals surface area (Å²) < 4.78 is 14.8. The van der Waals surface area contributed by atoms with Gasteiger partial charge in [-0.05, 0) is 88.6 Å². The molecule has 2 aromatic heterocycles. The summed E-state index contributed by atoms with van der Waals surface area (Å²) in [6, 6.07) is 14.6. The Kier molecular flexibility index (Phi) is 9.76. The van der Waals surface area contributed by atoms with Crippen LogP contribution in [0, 0.1) is 11.7 Å². The molecule has 0 aliphatic heterocycles. The van der Waals surface area contributed by atoms with Gasteiger partial charge in [-0.25, -0.2) is 19.3 Å². The Morgan fingerprint density at radius 2 is 1.88 bits per heavy atom. The number of hydrogen-bond acceptors (Lipinski definition) is 8. The highest BCUT2D eigenvalue weighted by molar-refractivity contribution is 7.19. The van der Waals surface area contributed by atoms with Gasteiger partial charge < -0.3 is 21.3 Å². The summed E-state index contributed by atoms with van der Waals surface area (Å²) in [4.78, 5) is 29.4. The van der Waals surface area contributed by atoms with Crippen LogP contribution in [0.3, 0.4) is 0 Å². The molecule has 0 atom stereocenters. The molecule has 8 nitrogen and oxygen atoms in total. The lowest BCUT2D eigenvalue weighted by atomic mass is 9.88. The van der Waals surface area contributed by atoms with Gasteiger partial charge in [-0.3, -0.25) is 4.79 Å². The van der Waals surface area contributed by atoms with Crippen molar-refractivity contribution in [1.82, 2.24) is 19.9 Å². The van der Waals surface area contributed by atoms with Crippen LogP contribution in [0.2, 0.25) is 0 Å². The van der Waals surface area contributed by atoms with Crippen LogP contribution in [0.4, 0.5) is 26.8 Å². The van der Waals surface area contributed by atoms with E-state index in [1.165, 1.54) is 23.8 Å². The number of nitrogens with one attached hydrogen (secondary N) is 2. The summed E-state index contributed by atoms with van der Waals surface area (Å²) in [5, 5.41) is 6.63. The van der Waals surface area contributed by atoms with E-state index in [9.17, 15) is 9.18 Å². The number of carbonyl (C=O) groups excluding carboxylic acids is 1. The monoisotopic (exact) mass is 587 g/mol. The minimum absolute atomic E-state index is 0.0672. The summed E-state index contributed by atoms with van der Waals surface area (Å²) in [5.74, 6) is 0.244. The summed E-state index contributed by atoms with van der Waals surface area (Å²) in [7, 11) is 4.08. The maximum atomic E-state index is 14.8. The second-order valence-electron chi connectivity index (χ2n) is 11.1. The Balaban J connectivity index is 1.31. The van der Waals surface area contributed by atoms with Crippen LogP contribution in [-0.2, 0) is 11.2 Å². The lowest BCUT2D eigenvalue weighted by Crippen LogP contribution is -2.24. The molecule has 1 saturated carbocycles. The van der Waals surface area contributed by atoms with E-state index in [4.69, 9.17) is 10.7 Å². The normalized spacial score (nSPS) is 13.8. The number of amides is 1. The number of carbonyl (C=O) groups is 1. The molecular weight excluding hydrogens is 549 g/mol. The van der Waals surface area contributed by atoms with E-state index < -0.39 is 0 Å². The molecule has 0 saturated heterocycles. The third kappa shape index (κ3) is 7.68. The largest absolute Gasteiger partial charge is 0.375 e. The van der Waals surface area contributed by atoms with Gasteiger partial charge >= 0.3 is 0 Å². The standard InChI is InChI=1S/C32H38FN7OS/c1-40(2)18-7-6-9-21-14-15-25(20-26(21)33)37-32-35-17-16-27(38-32)29-28(39-31(34)42-29)23-12-8-13-24(19-23)36-30(41)22-10-4-3-5-11-22/h8,12-17,19-20,22H,3-7,9-11,18H2,1-2H3,(H2,34,39)(H,36,41)(H,35,37,38). The molecule has 0 spiro atoms. The second-order valence-corrected chi connectivity index (χ2v) is 12.1. The third-order valence-corrected chi connectivity index (χ3v) is 8.43. The predicted molar refractivity (Wildman–Crippen MR) is 169 cm³/mol. The number of thiazole rings is 1. The molecule has 2 aromatic carbocycles. The van der Waals surface area contributed by atoms with E-state index in [-0.39, 0.29) is 17.6 Å². The second kappa shape index (κ2) is 13.8. The zero-order valence-corrected chi connectivity index (χ0v) is 25.0. The smallest absolute Gasteiger partial charge is 0.227 e. The fourth-order valence-electron chi connectivity index (χ4n) is 5.31. The molecule has 5 rings (SSSR count). The van der Waals surface area contributed by atoms with Gasteiger partial charge in [0.25, 0.3) is 0 Å². The van der Waals surface area contributed by atoms with Crippen LogP contribution >= 0.6 is 11.3 Å². The number of aryl methyl sites for hydroxylation is 1. The topological polar surface area (TPSA) is 109 Å². The summed E-state index contributed by atoms with van der Waals surface area (Å²) in [5.41, 5.74) is 10.3. The first-order valence-corrected chi connectivity index (χ1v) is 15.4. The number of halogens is 1. The quantitative estimate of drug-likeness (QED) is 0.160. The Labute approximate surface area is 250 Å². The molecule has 220 valence electrons. The molecule has 1 fully saturated rings. The van der Waals surface area contributed by atoms with Crippen LogP contribution in [-0.4, -0.2) is 46.4 Å². The number of unbranched alkanes of at least 4 members (excludes halogenated alkanes) is 1. The van der Waals surface area contributed by atoms with Gasteiger partial charge in [-0.15, -0.1) is 0 Å². The van der Waals surface area contributed by atoms with E-state index in [0.29, 0.717) is 40.1 Å². The van der Waals surface area contributed by atoms with Gasteiger partial charge in [0, 0.05) is 29.1 Å². The number of anilines is 4. The molecule has 0 unspecified atom stereocenters. The number of nitrogen functional groups attached to an aromatic ring is 1. The highest BCUT2D eigenvalue weighted by Gasteiger charge is 2.22. The van der Waals surface area contributed by atoms with Crippen molar-refractivity contribution in [3.63, 3.8) is 0 Å². The SMILES string of the molecule is CN(C)CCCCc1ccc(Nc2nccc(-c3sc(N)nc3-c3cccc(NC(=O)C4CCCCC4)c3)n2)cc1F. The lowest BCUT2D eigenvalue weighted by Gasteiger charge is -2.20. The maximum Gasteiger partial charge on any atom is 0.227 e. The Hall–Kier alpha value is -3.89. The highest BCUT2D eigenvalue weighted by atomic mass is 32.1. The maximum absolute atomic E-state index is 14.8. The summed E-state index contributed by atoms with van der Waals surface area (Å²) in [6.07, 6.45) is 9.60. The van der Waals surface area contributed by atoms with E-state index in [0.717, 1.165) is 61.2 Å². The van der Waals surface area contributed by atoms with Crippen LogP contribution in [0.1, 0.15) is 50.5 Å². The molecule has 4 aromatic rings. The Morgan fingerprint density at radius 1 is 1.05 bits per heavy atom. The molecule has 1 aliphatic rings. The Bertz CT molecular complexity index is 1520. The number of benzene rings is 2. The average Bonchev–Trinajstić information content (AvgIpc) is 3.38. The number of nitrogens with zero attached hydrogens (tertiary/aromatic N) is 4. The number of aromatic nitrogens is 3. The van der Waals surface area contributed by atoms with Crippen molar-refractivity contribution in [1.29, 1.82) is 0 Å². The molecule has 1 aliphatic carbocycles. The molecular formula is C32H38FN7OS. The first-order valence-electron chi connectivity index (χ1n) is 14.6. The van der Waals surface area contributed by atoms with Gasteiger partial charge in [0.1, 0.15) is 5.82 Å². The molecule has 10 heteroatoms. The van der Waals surface area contributed by atoms with E-state index in [1.807, 2.05) is 50.5 Å². The predicted octanol–water partition coefficient (Wildman–Crippen LogP) is 7.14. The fourth-order valence-corrected chi connectivity index (χ4v) is 6.13. The van der Waals surface area contributed by atoms with Crippen LogP contribution in [0.5, 0.6) is 0 Å². The average molecular weight is 588 g/mol. The molecule has 1 amide bonds. The number of nitrogens with two attached hydrogens (primary N) is 1. The van der Waals surface area contributed by atoms with Gasteiger partial charge in [0.15, 0.2) is 5.13 Å². The highest BCUT2D eigenvalue weighted by Crippen LogP contribution is 2.38. The number of rotatable bonds is 11. The van der Waals surface area contributed by atoms with Gasteiger partial charge in [-0.1, -0.05) is 48.8 Å². The first kappa shape index (κ1) is 29.6. The van der Waals surface area contributed by atoms with Gasteiger partial charge in [0.05, 0.1) is 16.3 Å². The molecule has 2 heterocycles. The molecule has 0 bridgehead atoms. The van der Waals surface area contributed by atoms with Crippen molar-refractivity contribution < 1.29 is 9.18 Å². The van der Waals surface area contributed by atoms with Crippen molar-refractivity contribution in [2.24, 2.45) is 5.92 Å². The van der Waals surface area contributed by atoms with Crippen molar-refractivity contribution in [2.75, 3.05) is 37.0 Å². The zero-order valence-electron chi connectivity index (χ0n) is 24.2. The van der Waals surface area contributed by atoms with Crippen molar-refractivity contribution >= 4 is 39.7 Å². The van der Waals surface area contributed by atoms with Crippen LogP contribution < -0.4 is 16.4 Å². The minimum atomic E-state index is -0.242. The zero-order chi connectivity index (χ0) is 29.5. The van der Waals surface area contributed by atoms with Gasteiger partial charge in [0.2, 0.25) is 11.9 Å². The molecule has 0 radical (unpaired) electrons. The van der Waals surface area contributed by atoms with Crippen molar-refractivity contribution in [2.45, 2.75) is 51.4 Å².